The van der Waals surface area contributed by atoms with E-state index in [1.807, 2.05) is 41.5 Å². The molecular weight excluding hydrogens is 344 g/mol. The summed E-state index contributed by atoms with van der Waals surface area (Å²) in [6.45, 7) is 6.80. The maximum atomic E-state index is 12.8. The van der Waals surface area contributed by atoms with Gasteiger partial charge in [-0.3, -0.25) is 9.69 Å². The van der Waals surface area contributed by atoms with Gasteiger partial charge in [-0.25, -0.2) is 0 Å². The van der Waals surface area contributed by atoms with Crippen LogP contribution in [0.4, 0.5) is 0 Å². The Kier molecular flexibility index (Phi) is 6.33. The third kappa shape index (κ3) is 4.46. The Morgan fingerprint density at radius 2 is 2.23 bits per heavy atom. The monoisotopic (exact) mass is 372 g/mol. The van der Waals surface area contributed by atoms with E-state index in [0.717, 1.165) is 31.7 Å². The first kappa shape index (κ1) is 18.9. The summed E-state index contributed by atoms with van der Waals surface area (Å²) < 4.78 is 5.80. The quantitative estimate of drug-likeness (QED) is 0.739. The molecule has 0 fully saturated rings. The molecule has 3 rings (SSSR count). The first-order valence-electron chi connectivity index (χ1n) is 9.32. The average Bonchev–Trinajstić information content (AvgIpc) is 3.09. The molecule has 0 bridgehead atoms. The minimum absolute atomic E-state index is 0.215. The molecule has 1 amide bonds. The van der Waals surface area contributed by atoms with Gasteiger partial charge in [0, 0.05) is 18.0 Å². The molecule has 1 unspecified atom stereocenters. The molecule has 0 spiro atoms. The lowest BCUT2D eigenvalue weighted by molar-refractivity contribution is -0.135. The number of aryl methyl sites for hydroxylation is 1. The fraction of sp³-hybridized carbons (Fsp3) is 0.476. The van der Waals surface area contributed by atoms with Gasteiger partial charge in [-0.05, 0) is 61.5 Å². The summed E-state index contributed by atoms with van der Waals surface area (Å²) in [7, 11) is 1.98. The Morgan fingerprint density at radius 3 is 3.00 bits per heavy atom. The van der Waals surface area contributed by atoms with Crippen LogP contribution >= 0.6 is 11.3 Å². The Morgan fingerprint density at radius 1 is 1.38 bits per heavy atom. The van der Waals surface area contributed by atoms with Crippen LogP contribution in [-0.2, 0) is 11.2 Å². The van der Waals surface area contributed by atoms with Crippen LogP contribution in [0.25, 0.3) is 0 Å². The highest BCUT2D eigenvalue weighted by Crippen LogP contribution is 2.35. The molecule has 1 aliphatic rings. The normalized spacial score (nSPS) is 16.6. The summed E-state index contributed by atoms with van der Waals surface area (Å²) in [5.74, 6) is 1.10. The zero-order valence-corrected chi connectivity index (χ0v) is 16.7. The van der Waals surface area contributed by atoms with Crippen LogP contribution < -0.4 is 4.74 Å². The van der Waals surface area contributed by atoms with Crippen LogP contribution in [0.5, 0.6) is 5.75 Å². The molecule has 5 heteroatoms. The molecule has 140 valence electrons. The lowest BCUT2D eigenvalue weighted by atomic mass is 9.98. The first-order valence-corrected chi connectivity index (χ1v) is 10.2. The minimum Gasteiger partial charge on any atom is -0.492 e. The van der Waals surface area contributed by atoms with Crippen molar-refractivity contribution in [3.63, 3.8) is 0 Å². The van der Waals surface area contributed by atoms with Gasteiger partial charge in [0.2, 0.25) is 5.91 Å². The van der Waals surface area contributed by atoms with E-state index in [9.17, 15) is 4.79 Å². The summed E-state index contributed by atoms with van der Waals surface area (Å²) in [6.07, 6.45) is 1.95. The number of thiophene rings is 1. The van der Waals surface area contributed by atoms with Crippen molar-refractivity contribution in [2.75, 3.05) is 33.3 Å². The van der Waals surface area contributed by atoms with E-state index in [4.69, 9.17) is 4.74 Å². The van der Waals surface area contributed by atoms with Crippen molar-refractivity contribution >= 4 is 17.2 Å². The largest absolute Gasteiger partial charge is 0.492 e. The number of carbonyl (C=O) groups is 1. The molecule has 0 radical (unpaired) electrons. The molecule has 1 atom stereocenters. The van der Waals surface area contributed by atoms with Gasteiger partial charge in [0.25, 0.3) is 0 Å². The Hall–Kier alpha value is -1.85. The van der Waals surface area contributed by atoms with Crippen LogP contribution in [0.15, 0.2) is 35.7 Å². The van der Waals surface area contributed by atoms with E-state index in [-0.39, 0.29) is 11.9 Å². The molecule has 2 aromatic rings. The maximum Gasteiger partial charge on any atom is 0.237 e. The second kappa shape index (κ2) is 8.69. The number of hydrogen-bond acceptors (Lipinski definition) is 4. The summed E-state index contributed by atoms with van der Waals surface area (Å²) in [4.78, 5) is 18.4. The topological polar surface area (TPSA) is 32.8 Å². The van der Waals surface area contributed by atoms with Crippen molar-refractivity contribution in [1.82, 2.24) is 9.80 Å². The lowest BCUT2D eigenvalue weighted by Crippen LogP contribution is -2.44. The number of carbonyl (C=O) groups excluding carboxylic acids is 1. The first-order chi connectivity index (χ1) is 12.6. The molecule has 1 aliphatic heterocycles. The second-order valence-electron chi connectivity index (χ2n) is 6.96. The van der Waals surface area contributed by atoms with Crippen molar-refractivity contribution in [3.05, 3.63) is 51.7 Å². The third-order valence-corrected chi connectivity index (χ3v) is 5.93. The van der Waals surface area contributed by atoms with Gasteiger partial charge in [-0.15, -0.1) is 11.3 Å². The Labute approximate surface area is 160 Å². The Balaban J connectivity index is 1.49. The van der Waals surface area contributed by atoms with Crippen LogP contribution in [0, 0.1) is 6.92 Å². The van der Waals surface area contributed by atoms with Crippen LogP contribution in [0.3, 0.4) is 0 Å². The van der Waals surface area contributed by atoms with E-state index in [1.165, 1.54) is 16.0 Å². The van der Waals surface area contributed by atoms with Crippen LogP contribution in [-0.4, -0.2) is 49.0 Å². The van der Waals surface area contributed by atoms with Crippen molar-refractivity contribution in [2.24, 2.45) is 0 Å². The highest BCUT2D eigenvalue weighted by molar-refractivity contribution is 7.10. The fourth-order valence-electron chi connectivity index (χ4n) is 3.56. The molecule has 26 heavy (non-hydrogen) atoms. The van der Waals surface area contributed by atoms with Gasteiger partial charge in [-0.2, -0.15) is 0 Å². The molecule has 0 N–H and O–H groups in total. The highest BCUT2D eigenvalue weighted by Gasteiger charge is 2.30. The van der Waals surface area contributed by atoms with Crippen LogP contribution in [0.1, 0.15) is 35.4 Å². The van der Waals surface area contributed by atoms with Crippen molar-refractivity contribution in [2.45, 2.75) is 32.7 Å². The molecule has 1 aromatic carbocycles. The fourth-order valence-corrected chi connectivity index (χ4v) is 4.49. The minimum atomic E-state index is 0.215. The molecular formula is C21H28N2O2S. The summed E-state index contributed by atoms with van der Waals surface area (Å²) in [5, 5.41) is 2.15. The standard InChI is InChI=1S/C21H28N2O2S/c1-4-19-18-9-13-26-20(18)8-10-23(19)21(24)15-22(3)11-12-25-17-7-5-6-16(2)14-17/h5-7,9,13-14,19H,4,8,10-12,15H2,1-3H3. The highest BCUT2D eigenvalue weighted by atomic mass is 32.1. The number of likely N-dealkylation sites (N-methyl/N-ethyl adjacent to an activating group) is 1. The molecule has 1 aromatic heterocycles. The molecule has 2 heterocycles. The van der Waals surface area contributed by atoms with E-state index in [0.29, 0.717) is 13.2 Å². The Bertz CT molecular complexity index is 743. The lowest BCUT2D eigenvalue weighted by Gasteiger charge is -2.36. The number of fused-ring (bicyclic) bond motifs is 1. The predicted octanol–water partition coefficient (Wildman–Crippen LogP) is 3.90. The van der Waals surface area contributed by atoms with Gasteiger partial charge in [0.1, 0.15) is 12.4 Å². The summed E-state index contributed by atoms with van der Waals surface area (Å²) >= 11 is 1.82. The van der Waals surface area contributed by atoms with Gasteiger partial charge >= 0.3 is 0 Å². The zero-order chi connectivity index (χ0) is 18.5. The number of nitrogens with zero attached hydrogens (tertiary/aromatic N) is 2. The van der Waals surface area contributed by atoms with Crippen molar-refractivity contribution in [3.8, 4) is 5.75 Å². The summed E-state index contributed by atoms with van der Waals surface area (Å²) in [6, 6.07) is 10.5. The van der Waals surface area contributed by atoms with Crippen molar-refractivity contribution in [1.29, 1.82) is 0 Å². The number of hydrogen-bond donors (Lipinski definition) is 0. The third-order valence-electron chi connectivity index (χ3n) is 4.94. The molecule has 0 aliphatic carbocycles. The van der Waals surface area contributed by atoms with E-state index in [2.05, 4.69) is 36.3 Å². The van der Waals surface area contributed by atoms with Gasteiger partial charge in [0.05, 0.1) is 12.6 Å². The van der Waals surface area contributed by atoms with E-state index < -0.39 is 0 Å². The number of benzene rings is 1. The average molecular weight is 373 g/mol. The van der Waals surface area contributed by atoms with Crippen molar-refractivity contribution < 1.29 is 9.53 Å². The second-order valence-corrected chi connectivity index (χ2v) is 7.96. The predicted molar refractivity (Wildman–Crippen MR) is 107 cm³/mol. The van der Waals surface area contributed by atoms with E-state index in [1.54, 1.807) is 0 Å². The number of rotatable bonds is 7. The van der Waals surface area contributed by atoms with Gasteiger partial charge in [-0.1, -0.05) is 19.1 Å². The van der Waals surface area contributed by atoms with Gasteiger partial charge < -0.3 is 9.64 Å². The zero-order valence-electron chi connectivity index (χ0n) is 15.9. The smallest absolute Gasteiger partial charge is 0.237 e. The maximum absolute atomic E-state index is 12.8. The molecule has 4 nitrogen and oxygen atoms in total. The van der Waals surface area contributed by atoms with Crippen LogP contribution in [0.2, 0.25) is 0 Å². The van der Waals surface area contributed by atoms with Gasteiger partial charge in [0.15, 0.2) is 0 Å². The number of amides is 1. The number of ether oxygens (including phenoxy) is 1. The SMILES string of the molecule is CCC1c2ccsc2CCN1C(=O)CN(C)CCOc1cccc(C)c1. The van der Waals surface area contributed by atoms with E-state index >= 15 is 0 Å². The summed E-state index contributed by atoms with van der Waals surface area (Å²) in [5.41, 5.74) is 2.54. The molecule has 0 saturated heterocycles. The molecule has 0 saturated carbocycles.